The summed E-state index contributed by atoms with van der Waals surface area (Å²) in [5.41, 5.74) is 8.58. The third-order valence-electron chi connectivity index (χ3n) is 19.4. The van der Waals surface area contributed by atoms with Gasteiger partial charge in [0, 0.05) is 140 Å². The van der Waals surface area contributed by atoms with Crippen molar-refractivity contribution in [3.05, 3.63) is 407 Å². The van der Waals surface area contributed by atoms with Crippen LogP contribution < -0.4 is 28.4 Å². The number of Topliss-reactive ketones (excluding diaryl/α,β-unsaturated/α-hetero) is 6. The number of terminal acetylenes is 1. The highest BCUT2D eigenvalue weighted by Gasteiger charge is 2.21. The number of hydrogen-bond donors (Lipinski definition) is 0. The standard InChI is InChI=1S/C19H16N2O2.C18H21N3O2.C18H14N2O2.C17H14N4O2.C17H11N3O2S.C15H12N4O2S/c1-14-4-2-5-15(10-14)11-19(22)18-12-16(7-9-21-18)23-17-6-3-8-20-13-17;22-18(9-14-5-3-1-2-4-6-14)17-10-15(7-8-21-17)23-16-11-19-13-20-12-16;21-18(11-14-5-2-1-3-6-14)17-12-15(8-10-20-17)22-16-7-4-9-19-13-16;1-12-2-3-13(21-8-12)6-17(22)16-7-14(4-5-20-16)23-15-9-18-11-19-10-15;1-2-12-11-23-17(20-12)9-16(21)15-8-13(5-7-19-15)22-14-4-3-6-18-10-14;1-10-8-22-15(19-10)5-14(20)13-4-11(2-3-18-13)21-12-6-16-9-17-7-12/h2-10,12-13H,11H2,1H3;7-8,10-14H,1-6,9H2;1-10,12-13H,11H2;2-5,7-11H,6H2,1H3;1,3-8,10-11H,9H2;2-4,6-9H,5H2,1H3. The van der Waals surface area contributed by atoms with Crippen LogP contribution in [-0.2, 0) is 32.1 Å². The molecular weight excluding hydrogens is 1760 g/mol. The number of hydrogen-bond acceptors (Lipinski definition) is 32. The van der Waals surface area contributed by atoms with Crippen molar-refractivity contribution in [2.75, 3.05) is 0 Å². The predicted molar refractivity (Wildman–Crippen MR) is 508 cm³/mol. The highest BCUT2D eigenvalue weighted by Crippen LogP contribution is 2.31. The number of nitrogens with zero attached hydrogens (tertiary/aromatic N) is 18. The van der Waals surface area contributed by atoms with E-state index in [4.69, 9.17) is 34.8 Å². The quantitative estimate of drug-likeness (QED) is 0.0229. The lowest BCUT2D eigenvalue weighted by Gasteiger charge is -2.12. The Morgan fingerprint density at radius 2 is 0.684 bits per heavy atom. The number of ketones is 6. The Hall–Kier alpha value is -17.2. The number of carbonyl (C=O) groups excluding carboxylic acids is 6. The largest absolute Gasteiger partial charge is 0.456 e. The lowest BCUT2D eigenvalue weighted by molar-refractivity contribution is 0.0947. The van der Waals surface area contributed by atoms with Gasteiger partial charge in [-0.15, -0.1) is 29.1 Å². The average Bonchev–Trinajstić information content (AvgIpc) is 1.73. The number of rotatable bonds is 30. The molecule has 15 heterocycles. The number of ether oxygens (including phenoxy) is 6. The minimum atomic E-state index is -0.139. The minimum Gasteiger partial charge on any atom is -0.456 e. The number of benzene rings is 2. The van der Waals surface area contributed by atoms with Gasteiger partial charge in [-0.25, -0.2) is 39.9 Å². The summed E-state index contributed by atoms with van der Waals surface area (Å²) in [6, 6.07) is 52.1. The second-order valence-corrected chi connectivity index (χ2v) is 32.0. The zero-order valence-electron chi connectivity index (χ0n) is 74.0. The molecule has 1 aliphatic rings. The van der Waals surface area contributed by atoms with Gasteiger partial charge >= 0.3 is 0 Å². The molecule has 0 bridgehead atoms. The SMILES string of the molecule is C#Cc1csc(CC(=O)c2cc(Oc3cccnc3)ccn2)n1.Cc1ccc(CC(=O)c2cc(Oc3cncnc3)ccn2)nc1.Cc1cccc(CC(=O)c2cc(Oc3cccnc3)ccn2)c1.Cc1csc(CC(=O)c2cc(Oc3cncnc3)ccn2)n1.O=C(CC1CCCCCC1)c1cc(Oc2cncnc2)ccn1.O=C(Cc1ccccc1)c1cc(Oc2cccnc2)ccn1. The zero-order chi connectivity index (χ0) is 94.7. The molecule has 17 aromatic rings. The summed E-state index contributed by atoms with van der Waals surface area (Å²) in [5.74, 6) is 9.28. The van der Waals surface area contributed by atoms with Crippen LogP contribution in [0.5, 0.6) is 69.0 Å². The van der Waals surface area contributed by atoms with Crippen molar-refractivity contribution in [3.63, 3.8) is 0 Å². The number of aromatic nitrogens is 18. The molecule has 15 aromatic heterocycles. The van der Waals surface area contributed by atoms with Crippen LogP contribution in [-0.4, -0.2) is 124 Å². The summed E-state index contributed by atoms with van der Waals surface area (Å²) in [5, 5.41) is 5.12. The maximum atomic E-state index is 12.5. The number of carbonyl (C=O) groups is 6. The summed E-state index contributed by atoms with van der Waals surface area (Å²) in [6.45, 7) is 5.86. The Kier molecular flexibility index (Phi) is 36.4. The Morgan fingerprint density at radius 1 is 0.316 bits per heavy atom. The Balaban J connectivity index is 0.000000138. The predicted octanol–water partition coefficient (Wildman–Crippen LogP) is 20.7. The van der Waals surface area contributed by atoms with Crippen LogP contribution in [0.25, 0.3) is 0 Å². The molecule has 136 heavy (non-hydrogen) atoms. The van der Waals surface area contributed by atoms with E-state index in [-0.39, 0.29) is 54.0 Å². The molecule has 678 valence electrons. The van der Waals surface area contributed by atoms with E-state index in [9.17, 15) is 28.8 Å². The van der Waals surface area contributed by atoms with Gasteiger partial charge in [-0.05, 0) is 128 Å². The van der Waals surface area contributed by atoms with Crippen molar-refractivity contribution in [2.24, 2.45) is 5.92 Å². The summed E-state index contributed by atoms with van der Waals surface area (Å²) in [4.78, 5) is 147. The Morgan fingerprint density at radius 3 is 1.05 bits per heavy atom. The van der Waals surface area contributed by atoms with Crippen LogP contribution in [0.1, 0.15) is 157 Å². The highest BCUT2D eigenvalue weighted by atomic mass is 32.1. The van der Waals surface area contributed by atoms with Crippen molar-refractivity contribution in [1.82, 2.24) is 89.7 Å². The number of pyridine rings is 10. The number of aryl methyl sites for hydroxylation is 3. The molecule has 0 N–H and O–H groups in total. The fraction of sp³-hybridized carbons (Fsp3) is 0.154. The van der Waals surface area contributed by atoms with Crippen molar-refractivity contribution >= 4 is 57.4 Å². The minimum absolute atomic E-state index is 0.0350. The van der Waals surface area contributed by atoms with Gasteiger partial charge in [0.2, 0.25) is 0 Å². The first-order chi connectivity index (χ1) is 66.5. The van der Waals surface area contributed by atoms with E-state index < -0.39 is 0 Å². The van der Waals surface area contributed by atoms with Crippen molar-refractivity contribution < 1.29 is 57.2 Å². The lowest BCUT2D eigenvalue weighted by atomic mass is 9.93. The molecule has 0 aliphatic heterocycles. The Bertz CT molecular complexity index is 6780. The van der Waals surface area contributed by atoms with E-state index in [1.165, 1.54) is 79.7 Å². The average molecular weight is 1850 g/mol. The van der Waals surface area contributed by atoms with Crippen LogP contribution in [0, 0.1) is 39.0 Å². The van der Waals surface area contributed by atoms with Gasteiger partial charge in [-0.2, -0.15) is 0 Å². The van der Waals surface area contributed by atoms with Gasteiger partial charge in [0.25, 0.3) is 0 Å². The molecule has 0 radical (unpaired) electrons. The van der Waals surface area contributed by atoms with Crippen molar-refractivity contribution in [2.45, 2.75) is 97.8 Å². The summed E-state index contributed by atoms with van der Waals surface area (Å²) < 4.78 is 33.9. The first-order valence-corrected chi connectivity index (χ1v) is 44.5. The summed E-state index contributed by atoms with van der Waals surface area (Å²) >= 11 is 2.83. The van der Waals surface area contributed by atoms with Crippen LogP contribution in [0.3, 0.4) is 0 Å². The van der Waals surface area contributed by atoms with Gasteiger partial charge in [0.1, 0.15) is 121 Å². The molecule has 1 fully saturated rings. The Labute approximate surface area is 791 Å². The van der Waals surface area contributed by atoms with Crippen LogP contribution >= 0.6 is 22.7 Å². The van der Waals surface area contributed by atoms with Gasteiger partial charge in [-0.1, -0.05) is 105 Å². The summed E-state index contributed by atoms with van der Waals surface area (Å²) in [6.07, 6.45) is 49.1. The topological polar surface area (TPSA) is 390 Å². The normalized spacial score (nSPS) is 11.2. The van der Waals surface area contributed by atoms with Crippen molar-refractivity contribution in [3.8, 4) is 81.3 Å². The molecule has 0 spiro atoms. The first-order valence-electron chi connectivity index (χ1n) is 42.8. The van der Waals surface area contributed by atoms with Crippen LogP contribution in [0.4, 0.5) is 0 Å². The second kappa shape index (κ2) is 51.4. The van der Waals surface area contributed by atoms with Gasteiger partial charge in [0.05, 0.1) is 75.0 Å². The monoisotopic (exact) mass is 1840 g/mol. The van der Waals surface area contributed by atoms with E-state index >= 15 is 0 Å². The smallest absolute Gasteiger partial charge is 0.188 e. The van der Waals surface area contributed by atoms with E-state index in [1.54, 1.807) is 214 Å². The van der Waals surface area contributed by atoms with Crippen molar-refractivity contribution in [1.29, 1.82) is 0 Å². The second-order valence-electron chi connectivity index (χ2n) is 30.1. The van der Waals surface area contributed by atoms with E-state index in [0.29, 0.717) is 145 Å². The van der Waals surface area contributed by atoms with Gasteiger partial charge in [0.15, 0.2) is 51.9 Å². The van der Waals surface area contributed by atoms with Gasteiger partial charge in [-0.3, -0.25) is 78.6 Å². The molecule has 0 saturated heterocycles. The third-order valence-corrected chi connectivity index (χ3v) is 21.3. The summed E-state index contributed by atoms with van der Waals surface area (Å²) in [7, 11) is 0. The molecule has 1 saturated carbocycles. The van der Waals surface area contributed by atoms with Gasteiger partial charge < -0.3 is 28.4 Å². The zero-order valence-corrected chi connectivity index (χ0v) is 75.6. The molecule has 1 aliphatic carbocycles. The molecule has 32 heteroatoms. The van der Waals surface area contributed by atoms with E-state index in [2.05, 4.69) is 95.6 Å². The molecule has 30 nitrogen and oxygen atoms in total. The molecule has 18 rings (SSSR count). The highest BCUT2D eigenvalue weighted by molar-refractivity contribution is 7.10. The van der Waals surface area contributed by atoms with Crippen LogP contribution in [0.15, 0.2) is 323 Å². The fourth-order valence-corrected chi connectivity index (χ4v) is 14.5. The fourth-order valence-electron chi connectivity index (χ4n) is 13.0. The van der Waals surface area contributed by atoms with E-state index in [1.807, 2.05) is 98.9 Å². The molecular formula is C104H88N18O12S2. The molecule has 2 aromatic carbocycles. The van der Waals surface area contributed by atoms with Crippen LogP contribution in [0.2, 0.25) is 0 Å². The molecule has 0 amide bonds. The number of thiazole rings is 2. The first kappa shape index (κ1) is 96.4. The molecule has 0 unspecified atom stereocenters. The lowest BCUT2D eigenvalue weighted by Crippen LogP contribution is -2.10. The maximum absolute atomic E-state index is 12.5. The molecule has 0 atom stereocenters. The van der Waals surface area contributed by atoms with E-state index in [0.717, 1.165) is 45.8 Å². The third kappa shape index (κ3) is 32.4. The maximum Gasteiger partial charge on any atom is 0.188 e.